The highest BCUT2D eigenvalue weighted by Gasteiger charge is 2.38. The number of carbonyl (C=O) groups excluding carboxylic acids is 3. The third-order valence-electron chi connectivity index (χ3n) is 4.63. The minimum absolute atomic E-state index is 0.111. The van der Waals surface area contributed by atoms with Crippen molar-refractivity contribution in [3.05, 3.63) is 39.9 Å². The lowest BCUT2D eigenvalue weighted by atomic mass is 10.1. The highest BCUT2D eigenvalue weighted by Crippen LogP contribution is 2.26. The van der Waals surface area contributed by atoms with Crippen LogP contribution in [0.2, 0.25) is 0 Å². The first-order valence-corrected chi connectivity index (χ1v) is 9.64. The van der Waals surface area contributed by atoms with Crippen LogP contribution in [-0.2, 0) is 11.2 Å². The zero-order chi connectivity index (χ0) is 19.0. The summed E-state index contributed by atoms with van der Waals surface area (Å²) in [6, 6.07) is 4.52. The average molecular weight is 386 g/mol. The van der Waals surface area contributed by atoms with Crippen LogP contribution in [0.25, 0.3) is 0 Å². The number of rotatable bonds is 5. The number of amides is 3. The van der Waals surface area contributed by atoms with E-state index in [0.717, 1.165) is 24.3 Å². The third-order valence-corrected chi connectivity index (χ3v) is 5.62. The molecule has 4 rings (SSSR count). The van der Waals surface area contributed by atoms with Crippen molar-refractivity contribution in [2.24, 2.45) is 0 Å². The van der Waals surface area contributed by atoms with E-state index in [-0.39, 0.29) is 30.0 Å². The zero-order valence-electron chi connectivity index (χ0n) is 14.7. The van der Waals surface area contributed by atoms with Crippen molar-refractivity contribution in [3.63, 3.8) is 0 Å². The first-order valence-electron chi connectivity index (χ1n) is 8.82. The normalized spacial score (nSPS) is 18.9. The van der Waals surface area contributed by atoms with Crippen molar-refractivity contribution in [1.82, 2.24) is 15.1 Å². The van der Waals surface area contributed by atoms with Gasteiger partial charge in [0.15, 0.2) is 0 Å². The maximum absolute atomic E-state index is 12.7. The van der Waals surface area contributed by atoms with E-state index in [4.69, 9.17) is 4.74 Å². The molecule has 0 bridgehead atoms. The second-order valence-corrected chi connectivity index (χ2v) is 7.49. The fourth-order valence-electron chi connectivity index (χ4n) is 3.21. The van der Waals surface area contributed by atoms with Crippen LogP contribution in [0.15, 0.2) is 18.2 Å². The molecular weight excluding hydrogens is 368 g/mol. The number of carbonyl (C=O) groups is 3. The molecule has 0 spiro atoms. The Morgan fingerprint density at radius 1 is 1.30 bits per heavy atom. The van der Waals surface area contributed by atoms with Gasteiger partial charge in [0, 0.05) is 12.2 Å². The van der Waals surface area contributed by atoms with Gasteiger partial charge in [-0.05, 0) is 37.5 Å². The molecule has 0 saturated carbocycles. The summed E-state index contributed by atoms with van der Waals surface area (Å²) < 4.78 is 5.53. The van der Waals surface area contributed by atoms with Crippen LogP contribution in [0.5, 0.6) is 0 Å². The molecule has 2 aliphatic rings. The Labute approximate surface area is 159 Å². The van der Waals surface area contributed by atoms with E-state index in [1.54, 1.807) is 0 Å². The number of hydrogen-bond acceptors (Lipinski definition) is 7. The Morgan fingerprint density at radius 3 is 2.81 bits per heavy atom. The largest absolute Gasteiger partial charge is 0.376 e. The Morgan fingerprint density at radius 2 is 2.11 bits per heavy atom. The molecule has 1 atom stereocenters. The number of benzene rings is 1. The highest BCUT2D eigenvalue weighted by molar-refractivity contribution is 7.15. The number of anilines is 1. The van der Waals surface area contributed by atoms with Gasteiger partial charge in [0.1, 0.15) is 5.01 Å². The summed E-state index contributed by atoms with van der Waals surface area (Å²) in [5, 5.41) is 11.8. The fraction of sp³-hybridized carbons (Fsp3) is 0.389. The summed E-state index contributed by atoms with van der Waals surface area (Å²) >= 11 is 1.30. The highest BCUT2D eigenvalue weighted by atomic mass is 32.1. The molecule has 1 saturated heterocycles. The first kappa shape index (κ1) is 17.7. The van der Waals surface area contributed by atoms with Gasteiger partial charge in [-0.25, -0.2) is 0 Å². The van der Waals surface area contributed by atoms with Gasteiger partial charge in [-0.3, -0.25) is 24.6 Å². The second-order valence-electron chi connectivity index (χ2n) is 6.42. The summed E-state index contributed by atoms with van der Waals surface area (Å²) in [7, 11) is 0. The van der Waals surface area contributed by atoms with Gasteiger partial charge in [0.2, 0.25) is 5.13 Å². The Hall–Kier alpha value is -2.65. The Kier molecular flexibility index (Phi) is 4.71. The number of ether oxygens (including phenoxy) is 1. The monoisotopic (exact) mass is 386 g/mol. The number of nitrogens with one attached hydrogen (secondary N) is 1. The Bertz CT molecular complexity index is 920. The van der Waals surface area contributed by atoms with Crippen molar-refractivity contribution >= 4 is 34.2 Å². The van der Waals surface area contributed by atoms with E-state index in [9.17, 15) is 14.4 Å². The predicted octanol–water partition coefficient (Wildman–Crippen LogP) is 2.13. The van der Waals surface area contributed by atoms with Crippen molar-refractivity contribution in [1.29, 1.82) is 0 Å². The smallest absolute Gasteiger partial charge is 0.261 e. The van der Waals surface area contributed by atoms with Gasteiger partial charge < -0.3 is 4.74 Å². The Balaban J connectivity index is 1.52. The van der Waals surface area contributed by atoms with Gasteiger partial charge >= 0.3 is 0 Å². The van der Waals surface area contributed by atoms with Crippen LogP contribution >= 0.6 is 11.3 Å². The second kappa shape index (κ2) is 7.16. The van der Waals surface area contributed by atoms with Gasteiger partial charge in [-0.2, -0.15) is 0 Å². The SMILES string of the molecule is CCc1nnc(NC(=O)c2ccc3c(c2)C(=O)N(C[C@H]2CCCO2)C3=O)s1. The van der Waals surface area contributed by atoms with Crippen molar-refractivity contribution < 1.29 is 19.1 Å². The molecule has 140 valence electrons. The van der Waals surface area contributed by atoms with Crippen LogP contribution in [0.3, 0.4) is 0 Å². The molecule has 1 N–H and O–H groups in total. The van der Waals surface area contributed by atoms with E-state index in [0.29, 0.717) is 22.9 Å². The number of nitrogens with zero attached hydrogens (tertiary/aromatic N) is 3. The molecule has 27 heavy (non-hydrogen) atoms. The molecule has 3 heterocycles. The van der Waals surface area contributed by atoms with Crippen molar-refractivity contribution in [3.8, 4) is 0 Å². The molecular formula is C18H18N4O4S. The molecule has 2 aromatic rings. The van der Waals surface area contributed by atoms with E-state index >= 15 is 0 Å². The van der Waals surface area contributed by atoms with Gasteiger partial charge in [0.25, 0.3) is 17.7 Å². The maximum atomic E-state index is 12.7. The molecule has 0 aliphatic carbocycles. The molecule has 0 radical (unpaired) electrons. The lowest BCUT2D eigenvalue weighted by Crippen LogP contribution is -2.36. The minimum Gasteiger partial charge on any atom is -0.376 e. The van der Waals surface area contributed by atoms with Crippen LogP contribution in [0.4, 0.5) is 5.13 Å². The summed E-state index contributed by atoms with van der Waals surface area (Å²) in [6.07, 6.45) is 2.40. The van der Waals surface area contributed by atoms with E-state index < -0.39 is 5.91 Å². The predicted molar refractivity (Wildman–Crippen MR) is 98.0 cm³/mol. The number of imide groups is 1. The summed E-state index contributed by atoms with van der Waals surface area (Å²) in [6.45, 7) is 2.86. The van der Waals surface area contributed by atoms with Crippen molar-refractivity contribution in [2.75, 3.05) is 18.5 Å². The molecule has 1 fully saturated rings. The standard InChI is InChI=1S/C18H18N4O4S/c1-2-14-20-21-18(27-14)19-15(23)10-5-6-12-13(8-10)17(25)22(16(12)24)9-11-4-3-7-26-11/h5-6,8,11H,2-4,7,9H2,1H3,(H,19,21,23)/t11-/m1/s1. The van der Waals surface area contributed by atoms with Crippen molar-refractivity contribution in [2.45, 2.75) is 32.3 Å². The maximum Gasteiger partial charge on any atom is 0.261 e. The molecule has 1 aromatic carbocycles. The van der Waals surface area contributed by atoms with Gasteiger partial charge in [-0.15, -0.1) is 10.2 Å². The molecule has 3 amide bonds. The topological polar surface area (TPSA) is 101 Å². The van der Waals surface area contributed by atoms with E-state index in [1.165, 1.54) is 34.4 Å². The van der Waals surface area contributed by atoms with Crippen LogP contribution in [0.1, 0.15) is 55.8 Å². The molecule has 2 aliphatic heterocycles. The van der Waals surface area contributed by atoms with E-state index in [1.807, 2.05) is 6.92 Å². The average Bonchev–Trinajstić information content (AvgIpc) is 3.40. The van der Waals surface area contributed by atoms with Crippen LogP contribution in [0, 0.1) is 0 Å². The van der Waals surface area contributed by atoms with Gasteiger partial charge in [0.05, 0.1) is 23.8 Å². The third kappa shape index (κ3) is 3.35. The molecule has 9 heteroatoms. The van der Waals surface area contributed by atoms with Crippen LogP contribution in [-0.4, -0.2) is 52.1 Å². The zero-order valence-corrected chi connectivity index (χ0v) is 15.5. The van der Waals surface area contributed by atoms with E-state index in [2.05, 4.69) is 15.5 Å². The quantitative estimate of drug-likeness (QED) is 0.790. The number of aromatic nitrogens is 2. The fourth-order valence-corrected chi connectivity index (χ4v) is 3.88. The summed E-state index contributed by atoms with van der Waals surface area (Å²) in [5.41, 5.74) is 0.859. The molecule has 1 aromatic heterocycles. The lowest BCUT2D eigenvalue weighted by Gasteiger charge is -2.17. The van der Waals surface area contributed by atoms with Crippen LogP contribution < -0.4 is 5.32 Å². The molecule has 8 nitrogen and oxygen atoms in total. The lowest BCUT2D eigenvalue weighted by molar-refractivity contribution is 0.0475. The number of aryl methyl sites for hydroxylation is 1. The minimum atomic E-state index is -0.394. The number of hydrogen-bond donors (Lipinski definition) is 1. The number of fused-ring (bicyclic) bond motifs is 1. The van der Waals surface area contributed by atoms with Gasteiger partial charge in [-0.1, -0.05) is 18.3 Å². The molecule has 0 unspecified atom stereocenters. The summed E-state index contributed by atoms with van der Waals surface area (Å²) in [5.74, 6) is -1.12. The first-order chi connectivity index (χ1) is 13.1. The summed E-state index contributed by atoms with van der Waals surface area (Å²) in [4.78, 5) is 38.9.